The Hall–Kier alpha value is -3.29. The topological polar surface area (TPSA) is 30.7 Å². The summed E-state index contributed by atoms with van der Waals surface area (Å²) in [7, 11) is 0. The molecule has 0 aromatic heterocycles. The Kier molecular flexibility index (Phi) is 4.33. The summed E-state index contributed by atoms with van der Waals surface area (Å²) in [5.74, 6) is -1.56. The molecule has 0 bridgehead atoms. The molecule has 28 heavy (non-hydrogen) atoms. The molecule has 0 radical (unpaired) electrons. The van der Waals surface area contributed by atoms with Crippen LogP contribution in [0.15, 0.2) is 60.9 Å². The zero-order valence-electron chi connectivity index (χ0n) is 14.2. The zero-order valence-corrected chi connectivity index (χ0v) is 14.2. The van der Waals surface area contributed by atoms with Crippen LogP contribution in [0.1, 0.15) is 11.1 Å². The van der Waals surface area contributed by atoms with E-state index in [9.17, 15) is 22.0 Å². The number of halogens is 5. The summed E-state index contributed by atoms with van der Waals surface area (Å²) in [6.07, 6.45) is -1.67. The highest BCUT2D eigenvalue weighted by molar-refractivity contribution is 5.65. The van der Waals surface area contributed by atoms with Crippen molar-refractivity contribution in [2.75, 3.05) is 0 Å². The van der Waals surface area contributed by atoms with Crippen molar-refractivity contribution in [2.45, 2.75) is 12.7 Å². The van der Waals surface area contributed by atoms with Crippen molar-refractivity contribution >= 4 is 0 Å². The largest absolute Gasteiger partial charge is 0.419 e. The molecule has 0 fully saturated rings. The van der Waals surface area contributed by atoms with Gasteiger partial charge in [0, 0.05) is 24.5 Å². The number of pyridine rings is 1. The molecule has 0 spiro atoms. The molecule has 2 aliphatic rings. The Balaban J connectivity index is 1.69. The first-order valence-electron chi connectivity index (χ1n) is 8.26. The minimum absolute atomic E-state index is 0.104. The lowest BCUT2D eigenvalue weighted by atomic mass is 10.1. The highest BCUT2D eigenvalue weighted by Crippen LogP contribution is 2.33. The number of aromatic nitrogens is 3. The summed E-state index contributed by atoms with van der Waals surface area (Å²) >= 11 is 0. The third kappa shape index (κ3) is 3.33. The number of hydrogen-bond acceptors (Lipinski definition) is 2. The molecule has 2 aromatic carbocycles. The van der Waals surface area contributed by atoms with Gasteiger partial charge in [0.2, 0.25) is 0 Å². The molecule has 8 heteroatoms. The van der Waals surface area contributed by atoms with Gasteiger partial charge in [0.15, 0.2) is 5.82 Å². The van der Waals surface area contributed by atoms with Crippen LogP contribution < -0.4 is 0 Å². The highest BCUT2D eigenvalue weighted by Gasteiger charge is 2.34. The number of nitrogens with zero attached hydrogens (tertiary/aromatic N) is 3. The lowest BCUT2D eigenvalue weighted by molar-refractivity contribution is -0.140. The maximum Gasteiger partial charge on any atom is 0.419 e. The molecule has 0 atom stereocenters. The predicted molar refractivity (Wildman–Crippen MR) is 92.5 cm³/mol. The van der Waals surface area contributed by atoms with Crippen molar-refractivity contribution in [3.8, 4) is 22.8 Å². The van der Waals surface area contributed by atoms with Crippen molar-refractivity contribution in [2.24, 2.45) is 0 Å². The van der Waals surface area contributed by atoms with Gasteiger partial charge in [-0.1, -0.05) is 24.3 Å². The molecule has 3 nitrogen and oxygen atoms in total. The van der Waals surface area contributed by atoms with Gasteiger partial charge in [-0.05, 0) is 24.3 Å². The van der Waals surface area contributed by atoms with Crippen LogP contribution in [0, 0.1) is 11.6 Å². The first kappa shape index (κ1) is 18.1. The zero-order chi connectivity index (χ0) is 19.9. The van der Waals surface area contributed by atoms with Crippen LogP contribution in [-0.2, 0) is 12.7 Å². The van der Waals surface area contributed by atoms with E-state index in [2.05, 4.69) is 9.97 Å². The van der Waals surface area contributed by atoms with Crippen molar-refractivity contribution < 1.29 is 22.0 Å². The maximum atomic E-state index is 14.2. The van der Waals surface area contributed by atoms with E-state index in [1.165, 1.54) is 29.0 Å². The molecule has 0 amide bonds. The van der Waals surface area contributed by atoms with Crippen LogP contribution in [-0.4, -0.2) is 14.5 Å². The van der Waals surface area contributed by atoms with Crippen LogP contribution in [0.5, 0.6) is 0 Å². The summed E-state index contributed by atoms with van der Waals surface area (Å²) in [4.78, 5) is 8.55. The summed E-state index contributed by atoms with van der Waals surface area (Å²) in [6, 6.07) is 10.8. The van der Waals surface area contributed by atoms with Crippen LogP contribution >= 0.6 is 0 Å². The van der Waals surface area contributed by atoms with Gasteiger partial charge >= 0.3 is 6.18 Å². The molecule has 0 saturated carbocycles. The first-order chi connectivity index (χ1) is 13.3. The Morgan fingerprint density at radius 1 is 0.857 bits per heavy atom. The second-order valence-corrected chi connectivity index (χ2v) is 6.19. The Morgan fingerprint density at radius 3 is 2.36 bits per heavy atom. The van der Waals surface area contributed by atoms with E-state index >= 15 is 0 Å². The standard InChI is InChI=1S/C20H12F5N3/c21-15-7-2-1-5-13(15)19-26-16-8-9-28(11-17(16)27-19)10-12-4-3-6-14(18(12)22)20(23,24)25/h1-9,11H,10H2. The molecule has 0 N–H and O–H groups in total. The molecule has 142 valence electrons. The molecule has 2 aliphatic heterocycles. The number of rotatable bonds is 3. The van der Waals surface area contributed by atoms with Gasteiger partial charge in [-0.3, -0.25) is 0 Å². The smallest absolute Gasteiger partial charge is 0.347 e. The van der Waals surface area contributed by atoms with E-state index in [-0.39, 0.29) is 23.5 Å². The van der Waals surface area contributed by atoms with Gasteiger partial charge in [-0.2, -0.15) is 13.2 Å². The summed E-state index contributed by atoms with van der Waals surface area (Å²) in [5.41, 5.74) is -0.240. The van der Waals surface area contributed by atoms with E-state index in [0.717, 1.165) is 0 Å². The second-order valence-electron chi connectivity index (χ2n) is 6.19. The quantitative estimate of drug-likeness (QED) is 0.440. The van der Waals surface area contributed by atoms with E-state index in [0.29, 0.717) is 17.5 Å². The molecular formula is C20H12F5N3. The van der Waals surface area contributed by atoms with Crippen LogP contribution in [0.3, 0.4) is 0 Å². The van der Waals surface area contributed by atoms with Crippen molar-refractivity contribution in [3.63, 3.8) is 0 Å². The normalized spacial score (nSPS) is 11.9. The monoisotopic (exact) mass is 389 g/mol. The average molecular weight is 389 g/mol. The number of alkyl halides is 3. The molecule has 2 aromatic rings. The van der Waals surface area contributed by atoms with Crippen molar-refractivity contribution in [3.05, 3.63) is 83.7 Å². The average Bonchev–Trinajstić information content (AvgIpc) is 3.06. The number of benzene rings is 2. The van der Waals surface area contributed by atoms with Crippen LogP contribution in [0.25, 0.3) is 22.8 Å². The van der Waals surface area contributed by atoms with E-state index < -0.39 is 23.4 Å². The van der Waals surface area contributed by atoms with Gasteiger partial charge in [-0.15, -0.1) is 0 Å². The van der Waals surface area contributed by atoms with E-state index in [1.807, 2.05) is 0 Å². The molecule has 0 aliphatic carbocycles. The first-order valence-corrected chi connectivity index (χ1v) is 8.26. The lowest BCUT2D eigenvalue weighted by Crippen LogP contribution is -2.11. The fourth-order valence-electron chi connectivity index (χ4n) is 2.93. The number of hydrogen-bond donors (Lipinski definition) is 0. The Labute approximate surface area is 156 Å². The predicted octanol–water partition coefficient (Wildman–Crippen LogP) is 5.40. The fourth-order valence-corrected chi connectivity index (χ4v) is 2.93. The van der Waals surface area contributed by atoms with Crippen molar-refractivity contribution in [1.82, 2.24) is 14.5 Å². The van der Waals surface area contributed by atoms with Gasteiger partial charge in [0.05, 0.1) is 16.8 Å². The minimum atomic E-state index is -4.76. The van der Waals surface area contributed by atoms with Gasteiger partial charge in [0.25, 0.3) is 0 Å². The molecular weight excluding hydrogens is 377 g/mol. The van der Waals surface area contributed by atoms with Crippen LogP contribution in [0.4, 0.5) is 22.0 Å². The summed E-state index contributed by atoms with van der Waals surface area (Å²) in [5, 5.41) is 0. The van der Waals surface area contributed by atoms with Crippen molar-refractivity contribution in [1.29, 1.82) is 0 Å². The third-order valence-corrected chi connectivity index (χ3v) is 4.28. The van der Waals surface area contributed by atoms with Gasteiger partial charge in [-0.25, -0.2) is 18.7 Å². The second kappa shape index (κ2) is 6.70. The number of imidazole rings is 1. The fraction of sp³-hybridized carbons (Fsp3) is 0.100. The Bertz CT molecular complexity index is 1120. The third-order valence-electron chi connectivity index (χ3n) is 4.28. The lowest BCUT2D eigenvalue weighted by Gasteiger charge is -2.13. The van der Waals surface area contributed by atoms with Gasteiger partial charge in [0.1, 0.15) is 17.3 Å². The van der Waals surface area contributed by atoms with E-state index in [1.54, 1.807) is 30.5 Å². The van der Waals surface area contributed by atoms with E-state index in [4.69, 9.17) is 0 Å². The summed E-state index contributed by atoms with van der Waals surface area (Å²) < 4.78 is 68.3. The Morgan fingerprint density at radius 2 is 1.61 bits per heavy atom. The SMILES string of the molecule is Fc1ccccc1-c1nc2ccn(Cc3cccc(C(F)(F)F)c3F)cc-2n1. The molecule has 2 heterocycles. The van der Waals surface area contributed by atoms with Crippen LogP contribution in [0.2, 0.25) is 0 Å². The van der Waals surface area contributed by atoms with Gasteiger partial charge < -0.3 is 4.57 Å². The minimum Gasteiger partial charge on any atom is -0.347 e. The maximum absolute atomic E-state index is 14.2. The molecule has 0 saturated heterocycles. The number of fused-ring (bicyclic) bond motifs is 1. The molecule has 4 rings (SSSR count). The molecule has 0 unspecified atom stereocenters. The summed E-state index contributed by atoms with van der Waals surface area (Å²) in [6.45, 7) is -0.117. The highest BCUT2D eigenvalue weighted by atomic mass is 19.4.